The van der Waals surface area contributed by atoms with Crippen molar-refractivity contribution in [3.63, 3.8) is 0 Å². The summed E-state index contributed by atoms with van der Waals surface area (Å²) in [6, 6.07) is 3.28. The number of aromatic nitrogens is 3. The molecule has 110 valence electrons. The summed E-state index contributed by atoms with van der Waals surface area (Å²) in [6.07, 6.45) is 3.98. The predicted molar refractivity (Wildman–Crippen MR) is 78.0 cm³/mol. The van der Waals surface area contributed by atoms with Gasteiger partial charge in [-0.3, -0.25) is 9.69 Å². The first-order chi connectivity index (χ1) is 10.3. The molecule has 0 radical (unpaired) electrons. The summed E-state index contributed by atoms with van der Waals surface area (Å²) in [4.78, 5) is 18.7. The molecule has 0 atom stereocenters. The van der Waals surface area contributed by atoms with Gasteiger partial charge in [0.15, 0.2) is 11.3 Å². The third-order valence-electron chi connectivity index (χ3n) is 4.13. The van der Waals surface area contributed by atoms with Gasteiger partial charge in [0.05, 0.1) is 24.6 Å². The first kappa shape index (κ1) is 12.8. The summed E-state index contributed by atoms with van der Waals surface area (Å²) >= 11 is 0. The Morgan fingerprint density at radius 1 is 1.14 bits per heavy atom. The van der Waals surface area contributed by atoms with Crippen molar-refractivity contribution in [2.24, 2.45) is 0 Å². The van der Waals surface area contributed by atoms with E-state index in [1.165, 1.54) is 0 Å². The van der Waals surface area contributed by atoms with E-state index >= 15 is 0 Å². The van der Waals surface area contributed by atoms with Gasteiger partial charge in [0.2, 0.25) is 0 Å². The molecule has 6 nitrogen and oxygen atoms in total. The summed E-state index contributed by atoms with van der Waals surface area (Å²) in [7, 11) is 0. The summed E-state index contributed by atoms with van der Waals surface area (Å²) in [5.74, 6) is 0.905. The fraction of sp³-hybridized carbons (Fsp3) is 0.467. The minimum Gasteiger partial charge on any atom is -0.379 e. The summed E-state index contributed by atoms with van der Waals surface area (Å²) in [6.45, 7) is 6.14. The van der Waals surface area contributed by atoms with Crippen LogP contribution in [-0.4, -0.2) is 45.3 Å². The maximum Gasteiger partial charge on any atom is 0.182 e. The van der Waals surface area contributed by atoms with Gasteiger partial charge in [0.25, 0.3) is 0 Å². The zero-order valence-electron chi connectivity index (χ0n) is 11.9. The van der Waals surface area contributed by atoms with Crippen LogP contribution in [0.2, 0.25) is 0 Å². The summed E-state index contributed by atoms with van der Waals surface area (Å²) in [5.41, 5.74) is 2.02. The highest BCUT2D eigenvalue weighted by Gasteiger charge is 2.19. The van der Waals surface area contributed by atoms with Gasteiger partial charge in [-0.25, -0.2) is 4.98 Å². The van der Waals surface area contributed by atoms with E-state index in [1.807, 2.05) is 6.20 Å². The van der Waals surface area contributed by atoms with Crippen molar-refractivity contribution in [3.8, 4) is 11.5 Å². The molecular formula is C15H18N4O2. The Morgan fingerprint density at radius 3 is 2.81 bits per heavy atom. The van der Waals surface area contributed by atoms with E-state index < -0.39 is 0 Å². The van der Waals surface area contributed by atoms with Crippen LogP contribution in [0.4, 0.5) is 0 Å². The van der Waals surface area contributed by atoms with Crippen molar-refractivity contribution in [1.29, 1.82) is 0 Å². The van der Waals surface area contributed by atoms with Gasteiger partial charge < -0.3 is 13.9 Å². The minimum atomic E-state index is 0.0347. The molecule has 2 aromatic heterocycles. The van der Waals surface area contributed by atoms with Crippen LogP contribution in [0.5, 0.6) is 0 Å². The highest BCUT2D eigenvalue weighted by atomic mass is 16.5. The number of morpholine rings is 1. The molecule has 0 saturated carbocycles. The lowest BCUT2D eigenvalue weighted by Gasteiger charge is -2.25. The Labute approximate surface area is 122 Å². The normalized spacial score (nSPS) is 18.3. The number of nitrogens with zero attached hydrogens (tertiary/aromatic N) is 4. The summed E-state index contributed by atoms with van der Waals surface area (Å²) < 4.78 is 9.63. The van der Waals surface area contributed by atoms with Crippen molar-refractivity contribution >= 4 is 0 Å². The van der Waals surface area contributed by atoms with E-state index in [9.17, 15) is 4.79 Å². The zero-order valence-corrected chi connectivity index (χ0v) is 11.9. The van der Waals surface area contributed by atoms with Crippen LogP contribution in [0.3, 0.4) is 0 Å². The third-order valence-corrected chi connectivity index (χ3v) is 4.13. The molecule has 4 rings (SSSR count). The smallest absolute Gasteiger partial charge is 0.182 e. The van der Waals surface area contributed by atoms with Gasteiger partial charge in [-0.2, -0.15) is 0 Å². The van der Waals surface area contributed by atoms with Crippen LogP contribution in [0.25, 0.3) is 11.5 Å². The van der Waals surface area contributed by atoms with Gasteiger partial charge >= 0.3 is 0 Å². The molecule has 0 amide bonds. The Morgan fingerprint density at radius 2 is 1.95 bits per heavy atom. The number of imidazole rings is 1. The van der Waals surface area contributed by atoms with E-state index in [0.717, 1.165) is 63.1 Å². The van der Waals surface area contributed by atoms with Gasteiger partial charge in [-0.1, -0.05) is 0 Å². The average Bonchev–Trinajstić information content (AvgIpc) is 2.91. The monoisotopic (exact) mass is 286 g/mol. The second-order valence-corrected chi connectivity index (χ2v) is 5.58. The molecule has 1 saturated heterocycles. The maximum absolute atomic E-state index is 11.6. The Kier molecular flexibility index (Phi) is 3.12. The van der Waals surface area contributed by atoms with Crippen LogP contribution in [0, 0.1) is 0 Å². The van der Waals surface area contributed by atoms with Gasteiger partial charge in [-0.15, -0.1) is 0 Å². The van der Waals surface area contributed by atoms with E-state index in [0.29, 0.717) is 0 Å². The molecule has 0 bridgehead atoms. The molecule has 21 heavy (non-hydrogen) atoms. The average molecular weight is 286 g/mol. The standard InChI is InChI=1S/C15H18N4O2/c20-13-1-2-18-3-4-19-11-12(16-15(19)14(18)9-13)10-17-5-7-21-8-6-17/h1-2,9,11H,3-8,10H2. The number of rotatable bonds is 2. The molecule has 6 heteroatoms. The number of ether oxygens (including phenoxy) is 1. The molecule has 0 unspecified atom stereocenters. The lowest BCUT2D eigenvalue weighted by Crippen LogP contribution is -2.35. The molecule has 2 aromatic rings. The number of hydrogen-bond acceptors (Lipinski definition) is 4. The van der Waals surface area contributed by atoms with Crippen LogP contribution < -0.4 is 5.43 Å². The van der Waals surface area contributed by atoms with E-state index in [4.69, 9.17) is 9.72 Å². The fourth-order valence-corrected chi connectivity index (χ4v) is 3.02. The first-order valence-corrected chi connectivity index (χ1v) is 7.37. The highest BCUT2D eigenvalue weighted by Crippen LogP contribution is 2.23. The second kappa shape index (κ2) is 5.13. The number of hydrogen-bond donors (Lipinski definition) is 0. The molecule has 2 aliphatic rings. The van der Waals surface area contributed by atoms with Gasteiger partial charge in [-0.05, 0) is 0 Å². The van der Waals surface area contributed by atoms with Gasteiger partial charge in [0, 0.05) is 57.3 Å². The highest BCUT2D eigenvalue weighted by molar-refractivity contribution is 5.52. The number of pyridine rings is 1. The molecule has 1 fully saturated rings. The van der Waals surface area contributed by atoms with E-state index in [1.54, 1.807) is 12.1 Å². The van der Waals surface area contributed by atoms with Crippen LogP contribution in [0.15, 0.2) is 29.3 Å². The lowest BCUT2D eigenvalue weighted by molar-refractivity contribution is 0.0337. The molecular weight excluding hydrogens is 268 g/mol. The van der Waals surface area contributed by atoms with E-state index in [-0.39, 0.29) is 5.43 Å². The second-order valence-electron chi connectivity index (χ2n) is 5.58. The van der Waals surface area contributed by atoms with E-state index in [2.05, 4.69) is 20.2 Å². The topological polar surface area (TPSA) is 52.3 Å². The molecule has 4 heterocycles. The molecule has 2 aliphatic heterocycles. The molecule has 0 spiro atoms. The van der Waals surface area contributed by atoms with Crippen LogP contribution in [0.1, 0.15) is 5.69 Å². The van der Waals surface area contributed by atoms with Crippen molar-refractivity contribution < 1.29 is 4.74 Å². The minimum absolute atomic E-state index is 0.0347. The van der Waals surface area contributed by atoms with Crippen molar-refractivity contribution in [3.05, 3.63) is 40.4 Å². The molecule has 0 aromatic carbocycles. The summed E-state index contributed by atoms with van der Waals surface area (Å²) in [5, 5.41) is 0. The van der Waals surface area contributed by atoms with Gasteiger partial charge in [0.1, 0.15) is 0 Å². The predicted octanol–water partition coefficient (Wildman–Crippen LogP) is 0.558. The number of aryl methyl sites for hydroxylation is 2. The van der Waals surface area contributed by atoms with Crippen LogP contribution in [-0.2, 0) is 24.4 Å². The van der Waals surface area contributed by atoms with Crippen molar-refractivity contribution in [2.45, 2.75) is 19.6 Å². The van der Waals surface area contributed by atoms with Crippen molar-refractivity contribution in [1.82, 2.24) is 19.0 Å². The zero-order chi connectivity index (χ0) is 14.2. The van der Waals surface area contributed by atoms with Crippen molar-refractivity contribution in [2.75, 3.05) is 26.3 Å². The first-order valence-electron chi connectivity index (χ1n) is 7.37. The SMILES string of the molecule is O=c1ccn2c(c1)-c1nc(CN3CCOCC3)cn1CC2. The fourth-order valence-electron chi connectivity index (χ4n) is 3.02. The molecule has 0 aliphatic carbocycles. The molecule has 0 N–H and O–H groups in total. The quantitative estimate of drug-likeness (QED) is 0.809. The Bertz CT molecular complexity index is 713. The largest absolute Gasteiger partial charge is 0.379 e. The Hall–Kier alpha value is -1.92. The lowest BCUT2D eigenvalue weighted by atomic mass is 10.2. The Balaban J connectivity index is 1.64. The number of fused-ring (bicyclic) bond motifs is 3. The van der Waals surface area contributed by atoms with Crippen LogP contribution >= 0.6 is 0 Å². The maximum atomic E-state index is 11.6. The third kappa shape index (κ3) is 2.41.